The van der Waals surface area contributed by atoms with Crippen LogP contribution in [0.3, 0.4) is 0 Å². The molecule has 0 saturated heterocycles. The zero-order valence-corrected chi connectivity index (χ0v) is 10.4. The molecule has 0 aromatic rings. The second kappa shape index (κ2) is 8.00. The second-order valence-electron chi connectivity index (χ2n) is 3.95. The summed E-state index contributed by atoms with van der Waals surface area (Å²) in [5, 5.41) is 6.94. The average Bonchev–Trinajstić information content (AvgIpc) is 2.08. The molecule has 0 atom stereocenters. The summed E-state index contributed by atoms with van der Waals surface area (Å²) in [5.74, 6) is 0.613. The van der Waals surface area contributed by atoms with Crippen LogP contribution in [-0.2, 0) is 4.74 Å². The van der Waals surface area contributed by atoms with Crippen molar-refractivity contribution >= 4 is 17.3 Å². The molecule has 0 aliphatic rings. The van der Waals surface area contributed by atoms with Gasteiger partial charge in [-0.1, -0.05) is 13.8 Å². The molecule has 0 fully saturated rings. The van der Waals surface area contributed by atoms with Gasteiger partial charge in [0, 0.05) is 13.1 Å². The van der Waals surface area contributed by atoms with Gasteiger partial charge in [-0.2, -0.15) is 0 Å². The second-order valence-corrected chi connectivity index (χ2v) is 4.36. The van der Waals surface area contributed by atoms with Crippen molar-refractivity contribution < 1.29 is 4.74 Å². The fourth-order valence-corrected chi connectivity index (χ4v) is 1.00. The predicted octanol–water partition coefficient (Wildman–Crippen LogP) is 1.53. The minimum Gasteiger partial charge on any atom is -0.377 e. The number of hydrogen-bond acceptors (Lipinski definition) is 2. The van der Waals surface area contributed by atoms with E-state index in [0.717, 1.165) is 13.1 Å². The van der Waals surface area contributed by atoms with Crippen LogP contribution in [0.1, 0.15) is 27.7 Å². The van der Waals surface area contributed by atoms with Gasteiger partial charge in [0.05, 0.1) is 12.7 Å². The van der Waals surface area contributed by atoms with Crippen LogP contribution in [0.5, 0.6) is 0 Å². The summed E-state index contributed by atoms with van der Waals surface area (Å²) in [6.07, 6.45) is 0.286. The first-order valence-corrected chi connectivity index (χ1v) is 5.56. The highest BCUT2D eigenvalue weighted by Gasteiger charge is 1.97. The number of hydrogen-bond donors (Lipinski definition) is 2. The molecule has 2 N–H and O–H groups in total. The van der Waals surface area contributed by atoms with Gasteiger partial charge in [0.1, 0.15) is 0 Å². The van der Waals surface area contributed by atoms with Crippen molar-refractivity contribution in [1.29, 1.82) is 0 Å². The van der Waals surface area contributed by atoms with Gasteiger partial charge in [-0.15, -0.1) is 0 Å². The molecule has 0 aromatic heterocycles. The zero-order valence-electron chi connectivity index (χ0n) is 9.59. The van der Waals surface area contributed by atoms with Crippen LogP contribution in [0.2, 0.25) is 0 Å². The Bertz CT molecular complexity index is 160. The van der Waals surface area contributed by atoms with Crippen molar-refractivity contribution in [2.24, 2.45) is 5.92 Å². The van der Waals surface area contributed by atoms with E-state index in [4.69, 9.17) is 17.0 Å². The fourth-order valence-electron chi connectivity index (χ4n) is 0.819. The highest BCUT2D eigenvalue weighted by atomic mass is 32.1. The first-order chi connectivity index (χ1) is 6.52. The molecular formula is C10H22N2OS. The Balaban J connectivity index is 3.27. The molecule has 0 aliphatic heterocycles. The fraction of sp³-hybridized carbons (Fsp3) is 0.900. The summed E-state index contributed by atoms with van der Waals surface area (Å²) in [4.78, 5) is 0. The summed E-state index contributed by atoms with van der Waals surface area (Å²) in [6, 6.07) is 0. The highest BCUT2D eigenvalue weighted by molar-refractivity contribution is 7.80. The lowest BCUT2D eigenvalue weighted by Gasteiger charge is -2.13. The lowest BCUT2D eigenvalue weighted by Crippen LogP contribution is -2.38. The Morgan fingerprint density at radius 1 is 1.21 bits per heavy atom. The largest absolute Gasteiger partial charge is 0.377 e. The molecule has 0 unspecified atom stereocenters. The monoisotopic (exact) mass is 218 g/mol. The topological polar surface area (TPSA) is 33.3 Å². The van der Waals surface area contributed by atoms with Gasteiger partial charge < -0.3 is 15.4 Å². The van der Waals surface area contributed by atoms with Gasteiger partial charge in [-0.05, 0) is 32.0 Å². The predicted molar refractivity (Wildman–Crippen MR) is 64.5 cm³/mol. The van der Waals surface area contributed by atoms with Gasteiger partial charge in [0.2, 0.25) is 0 Å². The van der Waals surface area contributed by atoms with Gasteiger partial charge in [-0.25, -0.2) is 0 Å². The summed E-state index contributed by atoms with van der Waals surface area (Å²) < 4.78 is 5.37. The highest BCUT2D eigenvalue weighted by Crippen LogP contribution is 1.87. The van der Waals surface area contributed by atoms with Crippen LogP contribution in [0.25, 0.3) is 0 Å². The number of thiocarbonyl (C=S) groups is 1. The Kier molecular flexibility index (Phi) is 7.80. The molecule has 0 aromatic carbocycles. The minimum absolute atomic E-state index is 0.286. The van der Waals surface area contributed by atoms with E-state index in [1.165, 1.54) is 0 Å². The summed E-state index contributed by atoms with van der Waals surface area (Å²) in [7, 11) is 0. The quantitative estimate of drug-likeness (QED) is 0.523. The zero-order chi connectivity index (χ0) is 11.0. The molecule has 4 heteroatoms. The lowest BCUT2D eigenvalue weighted by atomic mass is 10.2. The van der Waals surface area contributed by atoms with Crippen LogP contribution in [0.4, 0.5) is 0 Å². The third-order valence-electron chi connectivity index (χ3n) is 1.51. The van der Waals surface area contributed by atoms with E-state index in [0.29, 0.717) is 17.6 Å². The summed E-state index contributed by atoms with van der Waals surface area (Å²) >= 11 is 5.07. The summed E-state index contributed by atoms with van der Waals surface area (Å²) in [6.45, 7) is 10.7. The van der Waals surface area contributed by atoms with Crippen LogP contribution >= 0.6 is 12.2 Å². The van der Waals surface area contributed by atoms with Gasteiger partial charge >= 0.3 is 0 Å². The van der Waals surface area contributed by atoms with Crippen molar-refractivity contribution in [2.75, 3.05) is 19.7 Å². The van der Waals surface area contributed by atoms with Crippen molar-refractivity contribution in [3.8, 4) is 0 Å². The van der Waals surface area contributed by atoms with E-state index in [-0.39, 0.29) is 6.10 Å². The molecule has 0 amide bonds. The first kappa shape index (κ1) is 13.7. The molecular weight excluding hydrogens is 196 g/mol. The van der Waals surface area contributed by atoms with Crippen molar-refractivity contribution in [2.45, 2.75) is 33.8 Å². The van der Waals surface area contributed by atoms with Crippen LogP contribution < -0.4 is 10.6 Å². The molecule has 0 heterocycles. The van der Waals surface area contributed by atoms with Crippen molar-refractivity contribution in [1.82, 2.24) is 10.6 Å². The average molecular weight is 218 g/mol. The minimum atomic E-state index is 0.286. The third-order valence-corrected chi connectivity index (χ3v) is 1.80. The van der Waals surface area contributed by atoms with Gasteiger partial charge in [0.25, 0.3) is 0 Å². The Morgan fingerprint density at radius 2 is 1.86 bits per heavy atom. The Hall–Kier alpha value is -0.350. The number of ether oxygens (including phenoxy) is 1. The molecule has 3 nitrogen and oxygen atoms in total. The number of rotatable bonds is 6. The van der Waals surface area contributed by atoms with E-state index in [1.54, 1.807) is 0 Å². The molecule has 14 heavy (non-hydrogen) atoms. The number of nitrogens with one attached hydrogen (secondary N) is 2. The van der Waals surface area contributed by atoms with E-state index < -0.39 is 0 Å². The van der Waals surface area contributed by atoms with Crippen molar-refractivity contribution in [3.05, 3.63) is 0 Å². The molecule has 0 rings (SSSR count). The maximum atomic E-state index is 5.37. The molecule has 0 radical (unpaired) electrons. The van der Waals surface area contributed by atoms with E-state index in [9.17, 15) is 0 Å². The van der Waals surface area contributed by atoms with Gasteiger partial charge in [0.15, 0.2) is 5.11 Å². The van der Waals surface area contributed by atoms with E-state index in [2.05, 4.69) is 24.5 Å². The van der Waals surface area contributed by atoms with E-state index in [1.807, 2.05) is 13.8 Å². The smallest absolute Gasteiger partial charge is 0.166 e. The third kappa shape index (κ3) is 9.74. The standard InChI is InChI=1S/C10H22N2OS/c1-8(2)7-12-10(14)11-5-6-13-9(3)4/h8-9H,5-7H2,1-4H3,(H2,11,12,14). The first-order valence-electron chi connectivity index (χ1n) is 5.15. The Morgan fingerprint density at radius 3 is 2.36 bits per heavy atom. The molecule has 0 saturated carbocycles. The van der Waals surface area contributed by atoms with Gasteiger partial charge in [-0.3, -0.25) is 0 Å². The molecule has 0 aliphatic carbocycles. The van der Waals surface area contributed by atoms with Crippen LogP contribution in [-0.4, -0.2) is 30.9 Å². The lowest BCUT2D eigenvalue weighted by molar-refractivity contribution is 0.0830. The normalized spacial score (nSPS) is 10.7. The Labute approximate surface area is 92.6 Å². The molecule has 0 spiro atoms. The van der Waals surface area contributed by atoms with E-state index >= 15 is 0 Å². The SMILES string of the molecule is CC(C)CNC(=S)NCCOC(C)C. The molecule has 84 valence electrons. The van der Waals surface area contributed by atoms with Crippen LogP contribution in [0, 0.1) is 5.92 Å². The maximum absolute atomic E-state index is 5.37. The van der Waals surface area contributed by atoms with Crippen molar-refractivity contribution in [3.63, 3.8) is 0 Å². The van der Waals surface area contributed by atoms with Crippen LogP contribution in [0.15, 0.2) is 0 Å². The molecule has 0 bridgehead atoms. The summed E-state index contributed by atoms with van der Waals surface area (Å²) in [5.41, 5.74) is 0. The maximum Gasteiger partial charge on any atom is 0.166 e.